The molecule has 0 aromatic heterocycles. The molecule has 2 fully saturated rings. The predicted molar refractivity (Wildman–Crippen MR) is 144 cm³/mol. The van der Waals surface area contributed by atoms with Gasteiger partial charge in [0, 0.05) is 35.4 Å². The van der Waals surface area contributed by atoms with Crippen LogP contribution in [0.25, 0.3) is 0 Å². The molecule has 2 atom stereocenters. The Labute approximate surface area is 209 Å². The van der Waals surface area contributed by atoms with Gasteiger partial charge < -0.3 is 16.0 Å². The molecule has 1 aromatic rings. The second-order valence-electron chi connectivity index (χ2n) is 10.3. The zero-order valence-electron chi connectivity index (χ0n) is 21.2. The number of nitrogens with zero attached hydrogens (tertiary/aromatic N) is 1. The van der Waals surface area contributed by atoms with Gasteiger partial charge in [-0.2, -0.15) is 0 Å². The summed E-state index contributed by atoms with van der Waals surface area (Å²) in [7, 11) is 0. The molecule has 1 aliphatic heterocycles. The van der Waals surface area contributed by atoms with Crippen LogP contribution in [0.2, 0.25) is 0 Å². The van der Waals surface area contributed by atoms with Crippen LogP contribution in [0.4, 0.5) is 17.1 Å². The van der Waals surface area contributed by atoms with Crippen LogP contribution in [0.3, 0.4) is 0 Å². The van der Waals surface area contributed by atoms with Crippen molar-refractivity contribution in [2.24, 2.45) is 16.8 Å². The van der Waals surface area contributed by atoms with Gasteiger partial charge in [-0.05, 0) is 56.7 Å². The molecule has 0 radical (unpaired) electrons. The Morgan fingerprint density at radius 3 is 2.63 bits per heavy atom. The van der Waals surface area contributed by atoms with Crippen LogP contribution in [0.5, 0.6) is 0 Å². The van der Waals surface area contributed by atoms with E-state index in [0.717, 1.165) is 54.9 Å². The Morgan fingerprint density at radius 2 is 1.86 bits per heavy atom. The number of hydrogen-bond acceptors (Lipinski definition) is 4. The highest BCUT2D eigenvalue weighted by molar-refractivity contribution is 5.99. The number of anilines is 2. The molecule has 3 aliphatic rings. The molecular formula is C29H40N4O2. The summed E-state index contributed by atoms with van der Waals surface area (Å²) in [6.45, 7) is 4.76. The Kier molecular flexibility index (Phi) is 8.78. The first-order valence-electron chi connectivity index (χ1n) is 13.4. The highest BCUT2D eigenvalue weighted by atomic mass is 16.2. The minimum Gasteiger partial charge on any atom is -0.378 e. The van der Waals surface area contributed by atoms with Crippen molar-refractivity contribution in [2.45, 2.75) is 84.1 Å². The minimum atomic E-state index is 0.0115. The maximum Gasteiger partial charge on any atom is 0.251 e. The SMILES string of the molecule is C/C=C(\C=C/CC1=Nc2cc(NC(=O)C3CCCCC3C)ccc2NC1)C(=O)NC1CCCCC1. The molecule has 2 unspecified atom stereocenters. The molecule has 35 heavy (non-hydrogen) atoms. The lowest BCUT2D eigenvalue weighted by Crippen LogP contribution is -2.36. The molecule has 2 aliphatic carbocycles. The third kappa shape index (κ3) is 6.83. The fourth-order valence-corrected chi connectivity index (χ4v) is 5.46. The van der Waals surface area contributed by atoms with Gasteiger partial charge in [-0.15, -0.1) is 0 Å². The number of rotatable bonds is 7. The summed E-state index contributed by atoms with van der Waals surface area (Å²) < 4.78 is 0. The molecule has 0 bridgehead atoms. The second kappa shape index (κ2) is 12.2. The molecule has 1 heterocycles. The van der Waals surface area contributed by atoms with Gasteiger partial charge in [0.15, 0.2) is 0 Å². The number of allylic oxidation sites excluding steroid dienone is 2. The van der Waals surface area contributed by atoms with Crippen LogP contribution in [-0.2, 0) is 9.59 Å². The normalized spacial score (nSPS) is 23.3. The van der Waals surface area contributed by atoms with Crippen LogP contribution < -0.4 is 16.0 Å². The van der Waals surface area contributed by atoms with Crippen molar-refractivity contribution in [3.8, 4) is 0 Å². The Hall–Kier alpha value is -2.89. The lowest BCUT2D eigenvalue weighted by molar-refractivity contribution is -0.122. The van der Waals surface area contributed by atoms with Crippen molar-refractivity contribution >= 4 is 34.6 Å². The standard InChI is InChI=1S/C29H40N4O2/c1-3-21(28(34)32-22-12-5-4-6-13-22)11-9-14-24-19-30-26-17-16-23(18-27(26)31-24)33-29(35)25-15-8-7-10-20(25)2/h3,9,11,16-18,20,22,25,30H,4-8,10,12-15,19H2,1-2H3,(H,32,34)(H,33,35)/b11-9-,21-3+. The molecule has 4 rings (SSSR count). The quantitative estimate of drug-likeness (QED) is 0.319. The van der Waals surface area contributed by atoms with Gasteiger partial charge in [-0.1, -0.05) is 57.3 Å². The summed E-state index contributed by atoms with van der Waals surface area (Å²) in [5.41, 5.74) is 4.31. The number of benzene rings is 1. The van der Waals surface area contributed by atoms with Crippen molar-refractivity contribution in [1.82, 2.24) is 5.32 Å². The third-order valence-corrected chi connectivity index (χ3v) is 7.64. The summed E-state index contributed by atoms with van der Waals surface area (Å²) >= 11 is 0. The number of aliphatic imine (C=N–C) groups is 1. The maximum absolute atomic E-state index is 12.8. The lowest BCUT2D eigenvalue weighted by Gasteiger charge is -2.27. The smallest absolute Gasteiger partial charge is 0.251 e. The highest BCUT2D eigenvalue weighted by Crippen LogP contribution is 2.34. The van der Waals surface area contributed by atoms with Crippen LogP contribution in [-0.4, -0.2) is 30.1 Å². The van der Waals surface area contributed by atoms with Crippen molar-refractivity contribution in [3.63, 3.8) is 0 Å². The Balaban J connectivity index is 1.34. The van der Waals surface area contributed by atoms with E-state index >= 15 is 0 Å². The minimum absolute atomic E-state index is 0.0115. The van der Waals surface area contributed by atoms with Crippen LogP contribution in [0.1, 0.15) is 78.1 Å². The fourth-order valence-electron chi connectivity index (χ4n) is 5.46. The van der Waals surface area contributed by atoms with E-state index in [0.29, 0.717) is 30.5 Å². The summed E-state index contributed by atoms with van der Waals surface area (Å²) in [4.78, 5) is 30.3. The number of hydrogen-bond donors (Lipinski definition) is 3. The van der Waals surface area contributed by atoms with Crippen LogP contribution >= 0.6 is 0 Å². The van der Waals surface area contributed by atoms with Gasteiger partial charge in [0.1, 0.15) is 0 Å². The zero-order valence-corrected chi connectivity index (χ0v) is 21.2. The number of fused-ring (bicyclic) bond motifs is 1. The fraction of sp³-hybridized carbons (Fsp3) is 0.552. The lowest BCUT2D eigenvalue weighted by atomic mass is 9.80. The van der Waals surface area contributed by atoms with E-state index in [1.807, 2.05) is 43.4 Å². The monoisotopic (exact) mass is 476 g/mol. The molecule has 188 valence electrons. The number of amides is 2. The number of carbonyl (C=O) groups excluding carboxylic acids is 2. The largest absolute Gasteiger partial charge is 0.378 e. The van der Waals surface area contributed by atoms with Crippen LogP contribution in [0.15, 0.2) is 47.0 Å². The summed E-state index contributed by atoms with van der Waals surface area (Å²) in [6.07, 6.45) is 16.7. The molecule has 2 saturated carbocycles. The van der Waals surface area contributed by atoms with E-state index < -0.39 is 0 Å². The maximum atomic E-state index is 12.8. The Bertz CT molecular complexity index is 1000. The first kappa shape index (κ1) is 25.2. The number of carbonyl (C=O) groups is 2. The van der Waals surface area contributed by atoms with Gasteiger partial charge in [0.25, 0.3) is 5.91 Å². The topological polar surface area (TPSA) is 82.6 Å². The average Bonchev–Trinajstić information content (AvgIpc) is 2.87. The molecule has 6 nitrogen and oxygen atoms in total. The molecule has 6 heteroatoms. The van der Waals surface area contributed by atoms with E-state index in [-0.39, 0.29) is 17.7 Å². The van der Waals surface area contributed by atoms with Crippen molar-refractivity contribution in [1.29, 1.82) is 0 Å². The second-order valence-corrected chi connectivity index (χ2v) is 10.3. The molecule has 0 saturated heterocycles. The molecule has 3 N–H and O–H groups in total. The summed E-state index contributed by atoms with van der Waals surface area (Å²) in [5, 5.41) is 9.72. The van der Waals surface area contributed by atoms with Gasteiger partial charge in [-0.3, -0.25) is 14.6 Å². The van der Waals surface area contributed by atoms with Crippen molar-refractivity contribution in [3.05, 3.63) is 42.0 Å². The molecule has 0 spiro atoms. The summed E-state index contributed by atoms with van der Waals surface area (Å²) in [6, 6.07) is 6.18. The predicted octanol–water partition coefficient (Wildman–Crippen LogP) is 6.29. The van der Waals surface area contributed by atoms with Gasteiger partial charge in [0.05, 0.1) is 17.9 Å². The third-order valence-electron chi connectivity index (χ3n) is 7.64. The van der Waals surface area contributed by atoms with Gasteiger partial charge in [-0.25, -0.2) is 0 Å². The van der Waals surface area contributed by atoms with E-state index in [1.54, 1.807) is 0 Å². The van der Waals surface area contributed by atoms with Gasteiger partial charge in [0.2, 0.25) is 5.91 Å². The van der Waals surface area contributed by atoms with E-state index in [1.165, 1.54) is 25.7 Å². The van der Waals surface area contributed by atoms with E-state index in [2.05, 4.69) is 22.9 Å². The van der Waals surface area contributed by atoms with Crippen LogP contribution in [0, 0.1) is 11.8 Å². The van der Waals surface area contributed by atoms with Crippen molar-refractivity contribution in [2.75, 3.05) is 17.2 Å². The summed E-state index contributed by atoms with van der Waals surface area (Å²) in [5.74, 6) is 0.667. The highest BCUT2D eigenvalue weighted by Gasteiger charge is 2.28. The average molecular weight is 477 g/mol. The first-order valence-corrected chi connectivity index (χ1v) is 13.4. The number of nitrogens with one attached hydrogen (secondary N) is 3. The van der Waals surface area contributed by atoms with Crippen molar-refractivity contribution < 1.29 is 9.59 Å². The van der Waals surface area contributed by atoms with E-state index in [9.17, 15) is 9.59 Å². The first-order chi connectivity index (χ1) is 17.0. The van der Waals surface area contributed by atoms with E-state index in [4.69, 9.17) is 4.99 Å². The van der Waals surface area contributed by atoms with Gasteiger partial charge >= 0.3 is 0 Å². The molecular weight excluding hydrogens is 436 g/mol. The zero-order chi connectivity index (χ0) is 24.6. The Morgan fingerprint density at radius 1 is 1.09 bits per heavy atom. The molecule has 1 aromatic carbocycles. The molecule has 2 amide bonds.